The third-order valence-corrected chi connectivity index (χ3v) is 5.07. The van der Waals surface area contributed by atoms with Crippen molar-refractivity contribution in [2.75, 3.05) is 20.3 Å². The summed E-state index contributed by atoms with van der Waals surface area (Å²) in [5.41, 5.74) is 2.29. The number of amides is 2. The first kappa shape index (κ1) is 23.2. The van der Waals surface area contributed by atoms with Gasteiger partial charge in [0.05, 0.1) is 13.0 Å². The van der Waals surface area contributed by atoms with Crippen molar-refractivity contribution in [3.05, 3.63) is 107 Å². The number of benzene rings is 3. The lowest BCUT2D eigenvalue weighted by atomic mass is 10.0. The summed E-state index contributed by atoms with van der Waals surface area (Å²) in [6.45, 7) is 0.863. The fraction of sp³-hybridized carbons (Fsp3) is 0.231. The number of nitrogens with zero attached hydrogens (tertiary/aromatic N) is 1. The second-order valence-corrected chi connectivity index (χ2v) is 7.41. The second kappa shape index (κ2) is 11.8. The Morgan fingerprint density at radius 3 is 2.16 bits per heavy atom. The van der Waals surface area contributed by atoms with Crippen LogP contribution in [0.1, 0.15) is 22.7 Å². The van der Waals surface area contributed by atoms with Crippen LogP contribution in [0.2, 0.25) is 0 Å². The Hall–Kier alpha value is -3.51. The van der Waals surface area contributed by atoms with Crippen LogP contribution in [0.25, 0.3) is 0 Å². The molecule has 0 aliphatic carbocycles. The number of halogens is 1. The molecule has 0 saturated carbocycles. The van der Waals surface area contributed by atoms with Gasteiger partial charge in [-0.05, 0) is 28.8 Å². The van der Waals surface area contributed by atoms with Crippen LogP contribution in [0.4, 0.5) is 4.39 Å². The van der Waals surface area contributed by atoms with Crippen LogP contribution in [-0.2, 0) is 27.3 Å². The molecule has 1 atom stereocenters. The first-order chi connectivity index (χ1) is 15.6. The van der Waals surface area contributed by atoms with Gasteiger partial charge in [-0.2, -0.15) is 0 Å². The molecule has 3 rings (SSSR count). The Morgan fingerprint density at radius 1 is 0.906 bits per heavy atom. The molecule has 3 aromatic carbocycles. The van der Waals surface area contributed by atoms with Crippen molar-refractivity contribution in [2.45, 2.75) is 19.0 Å². The monoisotopic (exact) mass is 434 g/mol. The maximum atomic E-state index is 13.5. The lowest BCUT2D eigenvalue weighted by Gasteiger charge is -2.32. The molecular formula is C26H27FN2O3. The molecule has 0 radical (unpaired) electrons. The highest BCUT2D eigenvalue weighted by molar-refractivity contribution is 5.89. The molecule has 2 amide bonds. The van der Waals surface area contributed by atoms with Gasteiger partial charge < -0.3 is 15.0 Å². The average Bonchev–Trinajstić information content (AvgIpc) is 2.81. The summed E-state index contributed by atoms with van der Waals surface area (Å²) in [5.74, 6) is -0.846. The lowest BCUT2D eigenvalue weighted by molar-refractivity contribution is -0.141. The summed E-state index contributed by atoms with van der Waals surface area (Å²) < 4.78 is 18.5. The second-order valence-electron chi connectivity index (χ2n) is 7.41. The highest BCUT2D eigenvalue weighted by atomic mass is 19.1. The third-order valence-electron chi connectivity index (χ3n) is 5.07. The van der Waals surface area contributed by atoms with E-state index >= 15 is 0 Å². The van der Waals surface area contributed by atoms with Crippen molar-refractivity contribution in [2.24, 2.45) is 0 Å². The van der Waals surface area contributed by atoms with Crippen molar-refractivity contribution < 1.29 is 18.7 Å². The topological polar surface area (TPSA) is 58.6 Å². The number of rotatable bonds is 10. The summed E-state index contributed by atoms with van der Waals surface area (Å²) in [6, 6.07) is 23.7. The summed E-state index contributed by atoms with van der Waals surface area (Å²) in [5, 5.41) is 2.86. The molecule has 6 heteroatoms. The summed E-state index contributed by atoms with van der Waals surface area (Å²) in [6.07, 6.45) is 0.150. The molecule has 3 aromatic rings. The minimum absolute atomic E-state index is 0.150. The Morgan fingerprint density at radius 2 is 1.53 bits per heavy atom. The van der Waals surface area contributed by atoms with Gasteiger partial charge in [-0.3, -0.25) is 9.59 Å². The molecule has 0 fully saturated rings. The van der Waals surface area contributed by atoms with Crippen LogP contribution in [0, 0.1) is 5.82 Å². The van der Waals surface area contributed by atoms with E-state index in [0.29, 0.717) is 18.7 Å². The quantitative estimate of drug-likeness (QED) is 0.493. The van der Waals surface area contributed by atoms with Crippen LogP contribution in [0.3, 0.4) is 0 Å². The van der Waals surface area contributed by atoms with E-state index in [1.165, 1.54) is 12.1 Å². The Bertz CT molecular complexity index is 995. The fourth-order valence-electron chi connectivity index (χ4n) is 3.46. The predicted octanol–water partition coefficient (Wildman–Crippen LogP) is 3.90. The number of hydrogen-bond donors (Lipinski definition) is 1. The molecule has 1 N–H and O–H groups in total. The van der Waals surface area contributed by atoms with E-state index in [9.17, 15) is 14.0 Å². The maximum Gasteiger partial charge on any atom is 0.247 e. The van der Waals surface area contributed by atoms with Gasteiger partial charge in [-0.1, -0.05) is 72.8 Å². The molecule has 5 nitrogen and oxygen atoms in total. The minimum atomic E-state index is -0.839. The summed E-state index contributed by atoms with van der Waals surface area (Å²) in [7, 11) is 1.56. The zero-order chi connectivity index (χ0) is 22.8. The van der Waals surface area contributed by atoms with Crippen LogP contribution in [0.5, 0.6) is 0 Å². The zero-order valence-corrected chi connectivity index (χ0v) is 18.0. The molecule has 0 aliphatic rings. The number of carbonyl (C=O) groups is 2. The Kier molecular flexibility index (Phi) is 8.52. The molecule has 0 aromatic heterocycles. The van der Waals surface area contributed by atoms with Gasteiger partial charge in [0.15, 0.2) is 0 Å². The first-order valence-corrected chi connectivity index (χ1v) is 10.5. The average molecular weight is 435 g/mol. The lowest BCUT2D eigenvalue weighted by Crippen LogP contribution is -2.44. The molecule has 0 spiro atoms. The molecular weight excluding hydrogens is 407 g/mol. The number of methoxy groups -OCH3 is 1. The molecule has 0 bridgehead atoms. The van der Waals surface area contributed by atoms with Crippen molar-refractivity contribution >= 4 is 11.8 Å². The number of carbonyl (C=O) groups excluding carboxylic acids is 2. The standard InChI is InChI=1S/C26H27FN2O3/c1-32-17-16-28-26(31)25(22-10-6-3-7-11-22)29(19-21-12-14-23(27)15-13-21)24(30)18-20-8-4-2-5-9-20/h2-15,25H,16-19H2,1H3,(H,28,31)/t25-/m1/s1. The summed E-state index contributed by atoms with van der Waals surface area (Å²) >= 11 is 0. The van der Waals surface area contributed by atoms with Crippen LogP contribution >= 0.6 is 0 Å². The van der Waals surface area contributed by atoms with Crippen LogP contribution in [-0.4, -0.2) is 37.0 Å². The molecule has 32 heavy (non-hydrogen) atoms. The predicted molar refractivity (Wildman–Crippen MR) is 121 cm³/mol. The summed E-state index contributed by atoms with van der Waals surface area (Å²) in [4.78, 5) is 28.3. The zero-order valence-electron chi connectivity index (χ0n) is 18.0. The molecule has 0 aliphatic heterocycles. The van der Waals surface area contributed by atoms with E-state index < -0.39 is 6.04 Å². The smallest absolute Gasteiger partial charge is 0.247 e. The van der Waals surface area contributed by atoms with Gasteiger partial charge in [0.25, 0.3) is 0 Å². The van der Waals surface area contributed by atoms with Gasteiger partial charge in [-0.25, -0.2) is 4.39 Å². The molecule has 0 saturated heterocycles. The third kappa shape index (κ3) is 6.49. The highest BCUT2D eigenvalue weighted by Crippen LogP contribution is 2.25. The van der Waals surface area contributed by atoms with Gasteiger partial charge in [-0.15, -0.1) is 0 Å². The molecule has 166 valence electrons. The SMILES string of the molecule is COCCNC(=O)[C@@H](c1ccccc1)N(Cc1ccc(F)cc1)C(=O)Cc1ccccc1. The van der Waals surface area contributed by atoms with Crippen molar-refractivity contribution in [3.63, 3.8) is 0 Å². The number of nitrogens with one attached hydrogen (secondary N) is 1. The van der Waals surface area contributed by atoms with E-state index in [0.717, 1.165) is 11.1 Å². The van der Waals surface area contributed by atoms with Crippen LogP contribution in [0.15, 0.2) is 84.9 Å². The van der Waals surface area contributed by atoms with E-state index in [1.807, 2.05) is 60.7 Å². The number of ether oxygens (including phenoxy) is 1. The highest BCUT2D eigenvalue weighted by Gasteiger charge is 2.31. The number of hydrogen-bond acceptors (Lipinski definition) is 3. The largest absolute Gasteiger partial charge is 0.383 e. The van der Waals surface area contributed by atoms with Crippen LogP contribution < -0.4 is 5.32 Å². The van der Waals surface area contributed by atoms with Crippen molar-refractivity contribution in [3.8, 4) is 0 Å². The van der Waals surface area contributed by atoms with Crippen molar-refractivity contribution in [1.29, 1.82) is 0 Å². The normalized spacial score (nSPS) is 11.6. The van der Waals surface area contributed by atoms with E-state index in [-0.39, 0.29) is 30.6 Å². The Labute approximate surface area is 187 Å². The molecule has 0 unspecified atom stereocenters. The van der Waals surface area contributed by atoms with Gasteiger partial charge in [0, 0.05) is 20.2 Å². The van der Waals surface area contributed by atoms with Gasteiger partial charge in [0.2, 0.25) is 11.8 Å². The van der Waals surface area contributed by atoms with Crippen molar-refractivity contribution in [1.82, 2.24) is 10.2 Å². The maximum absolute atomic E-state index is 13.5. The first-order valence-electron chi connectivity index (χ1n) is 10.5. The Balaban J connectivity index is 1.96. The van der Waals surface area contributed by atoms with E-state index in [2.05, 4.69) is 5.32 Å². The van der Waals surface area contributed by atoms with Gasteiger partial charge in [0.1, 0.15) is 11.9 Å². The molecule has 0 heterocycles. The van der Waals surface area contributed by atoms with E-state index in [4.69, 9.17) is 4.74 Å². The van der Waals surface area contributed by atoms with E-state index in [1.54, 1.807) is 24.1 Å². The minimum Gasteiger partial charge on any atom is -0.383 e. The van der Waals surface area contributed by atoms with Gasteiger partial charge >= 0.3 is 0 Å². The fourth-order valence-corrected chi connectivity index (χ4v) is 3.46.